The summed E-state index contributed by atoms with van der Waals surface area (Å²) in [6, 6.07) is 5.47. The number of hydrogen-bond donors (Lipinski definition) is 0. The Morgan fingerprint density at radius 2 is 2.18 bits per heavy atom. The Morgan fingerprint density at radius 3 is 2.76 bits per heavy atom. The van der Waals surface area contributed by atoms with Gasteiger partial charge in [-0.15, -0.1) is 0 Å². The predicted octanol–water partition coefficient (Wildman–Crippen LogP) is 1.48. The molecule has 0 amide bonds. The standard InChI is InChI=1S/C12H18N2O3/c1-4-8-14(9-12(15)17-3)10-6-5-7-11(13-10)16-2/h5-7H,4,8-9H2,1-3H3. The van der Waals surface area contributed by atoms with Crippen LogP contribution in [0.15, 0.2) is 18.2 Å². The second-order valence-electron chi connectivity index (χ2n) is 3.54. The molecule has 0 aliphatic rings. The minimum atomic E-state index is -0.275. The molecule has 0 bridgehead atoms. The minimum absolute atomic E-state index is 0.199. The summed E-state index contributed by atoms with van der Waals surface area (Å²) in [5, 5.41) is 0. The van der Waals surface area contributed by atoms with Gasteiger partial charge in [-0.05, 0) is 12.5 Å². The van der Waals surface area contributed by atoms with Crippen molar-refractivity contribution in [1.82, 2.24) is 4.98 Å². The third kappa shape index (κ3) is 3.94. The van der Waals surface area contributed by atoms with Crippen LogP contribution < -0.4 is 9.64 Å². The number of pyridine rings is 1. The molecule has 0 aliphatic heterocycles. The molecule has 1 heterocycles. The summed E-state index contributed by atoms with van der Waals surface area (Å²) in [7, 11) is 2.95. The summed E-state index contributed by atoms with van der Waals surface area (Å²) in [4.78, 5) is 17.5. The zero-order valence-corrected chi connectivity index (χ0v) is 10.5. The normalized spacial score (nSPS) is 9.82. The summed E-state index contributed by atoms with van der Waals surface area (Å²) >= 11 is 0. The fourth-order valence-electron chi connectivity index (χ4n) is 1.46. The number of rotatable bonds is 6. The summed E-state index contributed by atoms with van der Waals surface area (Å²) in [5.41, 5.74) is 0. The van der Waals surface area contributed by atoms with E-state index in [4.69, 9.17) is 4.74 Å². The summed E-state index contributed by atoms with van der Waals surface area (Å²) in [6.45, 7) is 2.99. The average molecular weight is 238 g/mol. The summed E-state index contributed by atoms with van der Waals surface area (Å²) in [5.74, 6) is 0.980. The van der Waals surface area contributed by atoms with Crippen molar-refractivity contribution in [3.8, 4) is 5.88 Å². The maximum Gasteiger partial charge on any atom is 0.325 e. The van der Waals surface area contributed by atoms with Crippen LogP contribution in [0.4, 0.5) is 5.82 Å². The quantitative estimate of drug-likeness (QED) is 0.703. The van der Waals surface area contributed by atoms with Crippen molar-refractivity contribution in [2.24, 2.45) is 0 Å². The first-order valence-corrected chi connectivity index (χ1v) is 5.54. The van der Waals surface area contributed by atoms with Gasteiger partial charge in [0.25, 0.3) is 0 Å². The summed E-state index contributed by atoms with van der Waals surface area (Å²) in [6.07, 6.45) is 0.926. The van der Waals surface area contributed by atoms with Crippen molar-refractivity contribution in [3.63, 3.8) is 0 Å². The van der Waals surface area contributed by atoms with E-state index in [9.17, 15) is 4.79 Å². The zero-order valence-electron chi connectivity index (χ0n) is 10.5. The van der Waals surface area contributed by atoms with Crippen LogP contribution in [0.3, 0.4) is 0 Å². The summed E-state index contributed by atoms with van der Waals surface area (Å²) < 4.78 is 9.73. The van der Waals surface area contributed by atoms with Crippen molar-refractivity contribution in [2.45, 2.75) is 13.3 Å². The van der Waals surface area contributed by atoms with Crippen molar-refractivity contribution < 1.29 is 14.3 Å². The molecule has 0 unspecified atom stereocenters. The van der Waals surface area contributed by atoms with Crippen molar-refractivity contribution in [2.75, 3.05) is 32.2 Å². The van der Waals surface area contributed by atoms with E-state index >= 15 is 0 Å². The van der Waals surface area contributed by atoms with Gasteiger partial charge in [-0.25, -0.2) is 0 Å². The monoisotopic (exact) mass is 238 g/mol. The zero-order chi connectivity index (χ0) is 12.7. The Morgan fingerprint density at radius 1 is 1.41 bits per heavy atom. The first kappa shape index (κ1) is 13.3. The maximum atomic E-state index is 11.3. The first-order valence-electron chi connectivity index (χ1n) is 5.54. The smallest absolute Gasteiger partial charge is 0.325 e. The van der Waals surface area contributed by atoms with E-state index in [-0.39, 0.29) is 12.5 Å². The molecule has 1 aromatic heterocycles. The Labute approximate surface area is 101 Å². The third-order valence-electron chi connectivity index (χ3n) is 2.28. The average Bonchev–Trinajstić information content (AvgIpc) is 2.38. The van der Waals surface area contributed by atoms with Crippen LogP contribution in [-0.2, 0) is 9.53 Å². The van der Waals surface area contributed by atoms with E-state index in [2.05, 4.69) is 9.72 Å². The van der Waals surface area contributed by atoms with E-state index in [1.165, 1.54) is 7.11 Å². The van der Waals surface area contributed by atoms with Crippen LogP contribution in [-0.4, -0.2) is 38.3 Å². The van der Waals surface area contributed by atoms with Crippen molar-refractivity contribution in [1.29, 1.82) is 0 Å². The van der Waals surface area contributed by atoms with Gasteiger partial charge in [0, 0.05) is 12.6 Å². The second-order valence-corrected chi connectivity index (χ2v) is 3.54. The fourth-order valence-corrected chi connectivity index (χ4v) is 1.46. The predicted molar refractivity (Wildman–Crippen MR) is 65.3 cm³/mol. The molecule has 0 fully saturated rings. The van der Waals surface area contributed by atoms with Gasteiger partial charge in [0.05, 0.1) is 14.2 Å². The van der Waals surface area contributed by atoms with Gasteiger partial charge in [-0.1, -0.05) is 13.0 Å². The number of hydrogen-bond acceptors (Lipinski definition) is 5. The molecule has 0 atom stereocenters. The van der Waals surface area contributed by atoms with E-state index < -0.39 is 0 Å². The number of nitrogens with zero attached hydrogens (tertiary/aromatic N) is 2. The fraction of sp³-hybridized carbons (Fsp3) is 0.500. The molecule has 0 saturated carbocycles. The Balaban J connectivity index is 2.84. The molecule has 1 aromatic rings. The number of carbonyl (C=O) groups is 1. The molecule has 1 rings (SSSR count). The highest BCUT2D eigenvalue weighted by Crippen LogP contribution is 2.15. The van der Waals surface area contributed by atoms with Crippen LogP contribution in [0.5, 0.6) is 5.88 Å². The Bertz CT molecular complexity index is 369. The van der Waals surface area contributed by atoms with Gasteiger partial charge in [0.15, 0.2) is 0 Å². The molecule has 94 valence electrons. The Kier molecular flexibility index (Phi) is 5.26. The second kappa shape index (κ2) is 6.73. The van der Waals surface area contributed by atoms with Crippen LogP contribution in [0, 0.1) is 0 Å². The lowest BCUT2D eigenvalue weighted by Crippen LogP contribution is -2.31. The lowest BCUT2D eigenvalue weighted by molar-refractivity contribution is -0.138. The number of esters is 1. The molecule has 0 saturated heterocycles. The van der Waals surface area contributed by atoms with Gasteiger partial charge in [0.2, 0.25) is 5.88 Å². The highest BCUT2D eigenvalue weighted by molar-refractivity contribution is 5.75. The molecule has 0 spiro atoms. The van der Waals surface area contributed by atoms with E-state index in [1.54, 1.807) is 13.2 Å². The number of methoxy groups -OCH3 is 2. The van der Waals surface area contributed by atoms with Crippen LogP contribution in [0.25, 0.3) is 0 Å². The molecule has 0 radical (unpaired) electrons. The molecule has 5 heteroatoms. The molecule has 17 heavy (non-hydrogen) atoms. The largest absolute Gasteiger partial charge is 0.481 e. The molecular weight excluding hydrogens is 220 g/mol. The van der Waals surface area contributed by atoms with E-state index in [0.717, 1.165) is 18.8 Å². The van der Waals surface area contributed by atoms with Crippen LogP contribution in [0.1, 0.15) is 13.3 Å². The van der Waals surface area contributed by atoms with Crippen molar-refractivity contribution in [3.05, 3.63) is 18.2 Å². The van der Waals surface area contributed by atoms with Gasteiger partial charge < -0.3 is 14.4 Å². The SMILES string of the molecule is CCCN(CC(=O)OC)c1cccc(OC)n1. The van der Waals surface area contributed by atoms with Gasteiger partial charge in [-0.2, -0.15) is 4.98 Å². The molecule has 0 N–H and O–H groups in total. The van der Waals surface area contributed by atoms with Gasteiger partial charge >= 0.3 is 5.97 Å². The third-order valence-corrected chi connectivity index (χ3v) is 2.28. The van der Waals surface area contributed by atoms with Crippen molar-refractivity contribution >= 4 is 11.8 Å². The van der Waals surface area contributed by atoms with Crippen LogP contribution in [0.2, 0.25) is 0 Å². The number of carbonyl (C=O) groups excluding carboxylic acids is 1. The maximum absolute atomic E-state index is 11.3. The number of aromatic nitrogens is 1. The minimum Gasteiger partial charge on any atom is -0.481 e. The highest BCUT2D eigenvalue weighted by Gasteiger charge is 2.12. The van der Waals surface area contributed by atoms with Gasteiger partial charge in [-0.3, -0.25) is 4.79 Å². The topological polar surface area (TPSA) is 51.7 Å². The number of anilines is 1. The lowest BCUT2D eigenvalue weighted by atomic mass is 10.3. The lowest BCUT2D eigenvalue weighted by Gasteiger charge is -2.21. The van der Waals surface area contributed by atoms with Crippen LogP contribution >= 0.6 is 0 Å². The first-order chi connectivity index (χ1) is 8.21. The highest BCUT2D eigenvalue weighted by atomic mass is 16.5. The molecular formula is C12H18N2O3. The number of ether oxygens (including phenoxy) is 2. The molecule has 5 nitrogen and oxygen atoms in total. The van der Waals surface area contributed by atoms with Gasteiger partial charge in [0.1, 0.15) is 12.4 Å². The molecule has 0 aliphatic carbocycles. The van der Waals surface area contributed by atoms with E-state index in [1.807, 2.05) is 24.0 Å². The van der Waals surface area contributed by atoms with E-state index in [0.29, 0.717) is 5.88 Å². The Hall–Kier alpha value is -1.78. The molecule has 0 aromatic carbocycles.